The summed E-state index contributed by atoms with van der Waals surface area (Å²) in [5.41, 5.74) is 6.14. The van der Waals surface area contributed by atoms with Crippen molar-refractivity contribution >= 4 is 15.7 Å². The first-order valence-electron chi connectivity index (χ1n) is 7.10. The van der Waals surface area contributed by atoms with Gasteiger partial charge in [-0.2, -0.15) is 0 Å². The van der Waals surface area contributed by atoms with E-state index in [1.54, 1.807) is 13.8 Å². The SMILES string of the molecule is CCC(N)(CC)CNS(=O)(=O)c1cc([N+](=O)[O-])c(C)cc1C. The van der Waals surface area contributed by atoms with E-state index in [1.165, 1.54) is 6.07 Å². The Morgan fingerprint density at radius 3 is 2.23 bits per heavy atom. The van der Waals surface area contributed by atoms with E-state index in [0.717, 1.165) is 6.07 Å². The Bertz CT molecular complexity index is 667. The quantitative estimate of drug-likeness (QED) is 0.586. The molecule has 3 N–H and O–H groups in total. The molecule has 7 nitrogen and oxygen atoms in total. The summed E-state index contributed by atoms with van der Waals surface area (Å²) in [5, 5.41) is 11.0. The third-order valence-electron chi connectivity index (χ3n) is 4.00. The lowest BCUT2D eigenvalue weighted by atomic mass is 9.95. The summed E-state index contributed by atoms with van der Waals surface area (Å²) in [4.78, 5) is 10.3. The van der Waals surface area contributed by atoms with Crippen LogP contribution in [0.25, 0.3) is 0 Å². The number of aryl methyl sites for hydroxylation is 2. The monoisotopic (exact) mass is 329 g/mol. The van der Waals surface area contributed by atoms with E-state index in [9.17, 15) is 18.5 Å². The van der Waals surface area contributed by atoms with Crippen LogP contribution in [0.2, 0.25) is 0 Å². The zero-order chi connectivity index (χ0) is 17.1. The second-order valence-corrected chi connectivity index (χ2v) is 7.29. The normalized spacial score (nSPS) is 12.4. The molecule has 0 aliphatic carbocycles. The maximum Gasteiger partial charge on any atom is 0.273 e. The van der Waals surface area contributed by atoms with Crippen molar-refractivity contribution in [3.63, 3.8) is 0 Å². The van der Waals surface area contributed by atoms with Crippen molar-refractivity contribution < 1.29 is 13.3 Å². The number of nitro benzene ring substituents is 1. The summed E-state index contributed by atoms with van der Waals surface area (Å²) in [6, 6.07) is 2.60. The van der Waals surface area contributed by atoms with Crippen molar-refractivity contribution in [1.82, 2.24) is 4.72 Å². The average Bonchev–Trinajstić information content (AvgIpc) is 2.44. The van der Waals surface area contributed by atoms with Crippen molar-refractivity contribution in [2.75, 3.05) is 6.54 Å². The Labute approximate surface area is 131 Å². The summed E-state index contributed by atoms with van der Waals surface area (Å²) in [6.45, 7) is 7.05. The van der Waals surface area contributed by atoms with Crippen LogP contribution in [0.4, 0.5) is 5.69 Å². The number of rotatable bonds is 7. The fraction of sp³-hybridized carbons (Fsp3) is 0.571. The highest BCUT2D eigenvalue weighted by Gasteiger charge is 2.26. The molecule has 0 heterocycles. The molecule has 1 rings (SSSR count). The maximum absolute atomic E-state index is 12.4. The van der Waals surface area contributed by atoms with Gasteiger partial charge in [0.2, 0.25) is 10.0 Å². The van der Waals surface area contributed by atoms with Gasteiger partial charge in [0.25, 0.3) is 5.69 Å². The predicted molar refractivity (Wildman–Crippen MR) is 85.3 cm³/mol. The molecule has 1 aromatic carbocycles. The summed E-state index contributed by atoms with van der Waals surface area (Å²) < 4.78 is 27.3. The average molecular weight is 329 g/mol. The number of benzene rings is 1. The Balaban J connectivity index is 3.18. The van der Waals surface area contributed by atoms with Gasteiger partial charge >= 0.3 is 0 Å². The third-order valence-corrected chi connectivity index (χ3v) is 5.55. The zero-order valence-corrected chi connectivity index (χ0v) is 14.2. The Morgan fingerprint density at radius 2 is 1.77 bits per heavy atom. The lowest BCUT2D eigenvalue weighted by Crippen LogP contribution is -2.49. The van der Waals surface area contributed by atoms with Gasteiger partial charge in [-0.3, -0.25) is 10.1 Å². The Morgan fingerprint density at radius 1 is 1.23 bits per heavy atom. The number of nitro groups is 1. The number of nitrogens with one attached hydrogen (secondary N) is 1. The fourth-order valence-corrected chi connectivity index (χ4v) is 3.51. The molecule has 0 fully saturated rings. The first-order valence-corrected chi connectivity index (χ1v) is 8.59. The van der Waals surface area contributed by atoms with Crippen molar-refractivity contribution in [1.29, 1.82) is 0 Å². The lowest BCUT2D eigenvalue weighted by molar-refractivity contribution is -0.385. The highest BCUT2D eigenvalue weighted by molar-refractivity contribution is 7.89. The molecule has 0 saturated heterocycles. The summed E-state index contributed by atoms with van der Waals surface area (Å²) in [6.07, 6.45) is 1.25. The van der Waals surface area contributed by atoms with Crippen LogP contribution in [0, 0.1) is 24.0 Å². The van der Waals surface area contributed by atoms with Crippen molar-refractivity contribution in [3.8, 4) is 0 Å². The predicted octanol–water partition coefficient (Wildman–Crippen LogP) is 2.01. The first kappa shape index (κ1) is 18.5. The smallest absolute Gasteiger partial charge is 0.273 e. The highest BCUT2D eigenvalue weighted by Crippen LogP contribution is 2.26. The minimum atomic E-state index is -3.85. The molecule has 0 radical (unpaired) electrons. The van der Waals surface area contributed by atoms with Gasteiger partial charge in [-0.25, -0.2) is 13.1 Å². The topological polar surface area (TPSA) is 115 Å². The number of hydrogen-bond acceptors (Lipinski definition) is 5. The third kappa shape index (κ3) is 4.02. The van der Waals surface area contributed by atoms with Gasteiger partial charge in [0.1, 0.15) is 0 Å². The molecular formula is C14H23N3O4S. The van der Waals surface area contributed by atoms with E-state index < -0.39 is 20.5 Å². The molecule has 8 heteroatoms. The molecule has 0 amide bonds. The van der Waals surface area contributed by atoms with E-state index in [0.29, 0.717) is 24.0 Å². The van der Waals surface area contributed by atoms with Gasteiger partial charge in [0, 0.05) is 23.7 Å². The van der Waals surface area contributed by atoms with Crippen LogP contribution in [0.3, 0.4) is 0 Å². The van der Waals surface area contributed by atoms with Crippen LogP contribution in [0.1, 0.15) is 37.8 Å². The van der Waals surface area contributed by atoms with Gasteiger partial charge in [0.05, 0.1) is 9.82 Å². The van der Waals surface area contributed by atoms with E-state index >= 15 is 0 Å². The molecule has 1 aromatic rings. The standard InChI is InChI=1S/C14H23N3O4S/c1-5-14(15,6-2)9-16-22(20,21)13-8-12(17(18)19)10(3)7-11(13)4/h7-8,16H,5-6,9,15H2,1-4H3. The van der Waals surface area contributed by atoms with Gasteiger partial charge < -0.3 is 5.73 Å². The molecule has 0 saturated carbocycles. The van der Waals surface area contributed by atoms with Crippen molar-refractivity contribution in [2.24, 2.45) is 5.73 Å². The number of sulfonamides is 1. The summed E-state index contributed by atoms with van der Waals surface area (Å²) in [5.74, 6) is 0. The molecule has 0 unspecified atom stereocenters. The van der Waals surface area contributed by atoms with Crippen LogP contribution in [-0.2, 0) is 10.0 Å². The molecule has 0 atom stereocenters. The van der Waals surface area contributed by atoms with Crippen LogP contribution < -0.4 is 10.5 Å². The first-order chi connectivity index (χ1) is 10.1. The molecule has 0 spiro atoms. The van der Waals surface area contributed by atoms with E-state index in [1.807, 2.05) is 13.8 Å². The Kier molecular flexibility index (Phi) is 5.66. The summed E-state index contributed by atoms with van der Waals surface area (Å²) in [7, 11) is -3.85. The number of nitrogens with two attached hydrogens (primary N) is 1. The molecule has 22 heavy (non-hydrogen) atoms. The van der Waals surface area contributed by atoms with Crippen molar-refractivity contribution in [3.05, 3.63) is 33.4 Å². The minimum absolute atomic E-state index is 0.0839. The molecule has 0 aromatic heterocycles. The zero-order valence-electron chi connectivity index (χ0n) is 13.3. The molecule has 0 bridgehead atoms. The lowest BCUT2D eigenvalue weighted by Gasteiger charge is -2.26. The van der Waals surface area contributed by atoms with Crippen LogP contribution in [0.15, 0.2) is 17.0 Å². The second kappa shape index (κ2) is 6.72. The second-order valence-electron chi connectivity index (χ2n) is 5.56. The van der Waals surface area contributed by atoms with Crippen LogP contribution >= 0.6 is 0 Å². The highest BCUT2D eigenvalue weighted by atomic mass is 32.2. The van der Waals surface area contributed by atoms with Gasteiger partial charge in [-0.05, 0) is 38.3 Å². The molecule has 0 aliphatic rings. The summed E-state index contributed by atoms with van der Waals surface area (Å²) >= 11 is 0. The number of hydrogen-bond donors (Lipinski definition) is 2. The van der Waals surface area contributed by atoms with Gasteiger partial charge in [-0.15, -0.1) is 0 Å². The fourth-order valence-electron chi connectivity index (χ4n) is 2.12. The van der Waals surface area contributed by atoms with E-state index in [4.69, 9.17) is 5.73 Å². The molecule has 0 aliphatic heterocycles. The van der Waals surface area contributed by atoms with Crippen molar-refractivity contribution in [2.45, 2.75) is 51.0 Å². The molecule has 124 valence electrons. The van der Waals surface area contributed by atoms with E-state index in [2.05, 4.69) is 4.72 Å². The van der Waals surface area contributed by atoms with Crippen LogP contribution in [-0.4, -0.2) is 25.4 Å². The van der Waals surface area contributed by atoms with Gasteiger partial charge in [0.15, 0.2) is 0 Å². The maximum atomic E-state index is 12.4. The van der Waals surface area contributed by atoms with Gasteiger partial charge in [-0.1, -0.05) is 13.8 Å². The van der Waals surface area contributed by atoms with Crippen LogP contribution in [0.5, 0.6) is 0 Å². The molecular weight excluding hydrogens is 306 g/mol. The minimum Gasteiger partial charge on any atom is -0.324 e. The Hall–Kier alpha value is -1.51. The number of nitrogens with zero attached hydrogens (tertiary/aromatic N) is 1. The van der Waals surface area contributed by atoms with E-state index in [-0.39, 0.29) is 17.1 Å². The largest absolute Gasteiger partial charge is 0.324 e.